The zero-order valence-corrected chi connectivity index (χ0v) is 14.6. The van der Waals surface area contributed by atoms with Crippen LogP contribution in [0.15, 0.2) is 24.3 Å². The third-order valence-corrected chi connectivity index (χ3v) is 3.91. The second kappa shape index (κ2) is 6.86. The number of aromatic nitrogens is 4. The Morgan fingerprint density at radius 1 is 1.21 bits per heavy atom. The molecule has 1 aromatic carbocycles. The van der Waals surface area contributed by atoms with Gasteiger partial charge in [0.15, 0.2) is 5.82 Å². The molecule has 0 aliphatic rings. The van der Waals surface area contributed by atoms with Gasteiger partial charge in [0.05, 0.1) is 12.8 Å². The molecule has 0 fully saturated rings. The number of ether oxygens (including phenoxy) is 1. The molecule has 0 saturated heterocycles. The third-order valence-electron chi connectivity index (χ3n) is 3.91. The fourth-order valence-electron chi connectivity index (χ4n) is 2.77. The van der Waals surface area contributed by atoms with Crippen LogP contribution in [0, 0.1) is 6.92 Å². The van der Waals surface area contributed by atoms with Gasteiger partial charge in [-0.15, -0.1) is 0 Å². The Kier molecular flexibility index (Phi) is 4.64. The summed E-state index contributed by atoms with van der Waals surface area (Å²) in [6.45, 7) is 6.96. The van der Waals surface area contributed by atoms with Crippen LogP contribution in [-0.2, 0) is 13.0 Å². The highest BCUT2D eigenvalue weighted by Gasteiger charge is 2.16. The van der Waals surface area contributed by atoms with E-state index in [2.05, 4.69) is 24.3 Å². The van der Waals surface area contributed by atoms with Crippen molar-refractivity contribution in [3.05, 3.63) is 35.8 Å². The maximum absolute atomic E-state index is 5.30. The van der Waals surface area contributed by atoms with Gasteiger partial charge < -0.3 is 10.1 Å². The van der Waals surface area contributed by atoms with Gasteiger partial charge in [0, 0.05) is 24.7 Å². The number of aryl methyl sites for hydroxylation is 3. The Morgan fingerprint density at radius 2 is 2.04 bits per heavy atom. The molecule has 0 spiro atoms. The molecular weight excluding hydrogens is 302 g/mol. The maximum Gasteiger partial charge on any atom is 0.160 e. The number of rotatable bonds is 6. The summed E-state index contributed by atoms with van der Waals surface area (Å²) in [6.07, 6.45) is 1.85. The SMILES string of the molecule is CCCc1nc(Nc2cccc(OC)c2)c2c(n1)c(C)nn2CC. The van der Waals surface area contributed by atoms with Crippen molar-refractivity contribution in [1.29, 1.82) is 0 Å². The van der Waals surface area contributed by atoms with Crippen molar-refractivity contribution in [2.24, 2.45) is 0 Å². The normalized spacial score (nSPS) is 11.0. The van der Waals surface area contributed by atoms with Gasteiger partial charge in [0.1, 0.15) is 22.6 Å². The van der Waals surface area contributed by atoms with Crippen molar-refractivity contribution in [3.8, 4) is 5.75 Å². The fraction of sp³-hybridized carbons (Fsp3) is 0.389. The second-order valence-electron chi connectivity index (χ2n) is 5.69. The van der Waals surface area contributed by atoms with Crippen LogP contribution in [0.5, 0.6) is 5.75 Å². The summed E-state index contributed by atoms with van der Waals surface area (Å²) in [6, 6.07) is 7.82. The molecule has 6 heteroatoms. The minimum atomic E-state index is 0.771. The first-order chi connectivity index (χ1) is 11.7. The van der Waals surface area contributed by atoms with Crippen LogP contribution in [-0.4, -0.2) is 26.9 Å². The van der Waals surface area contributed by atoms with Gasteiger partial charge in [-0.2, -0.15) is 5.10 Å². The Morgan fingerprint density at radius 3 is 2.75 bits per heavy atom. The molecule has 3 rings (SSSR count). The average molecular weight is 325 g/mol. The Labute approximate surface area is 141 Å². The Balaban J connectivity index is 2.13. The molecule has 0 unspecified atom stereocenters. The molecule has 0 amide bonds. The summed E-state index contributed by atoms with van der Waals surface area (Å²) < 4.78 is 7.25. The number of methoxy groups -OCH3 is 1. The fourth-order valence-corrected chi connectivity index (χ4v) is 2.77. The molecule has 1 N–H and O–H groups in total. The molecule has 126 valence electrons. The summed E-state index contributed by atoms with van der Waals surface area (Å²) in [5.74, 6) is 2.44. The highest BCUT2D eigenvalue weighted by Crippen LogP contribution is 2.27. The molecule has 2 aromatic heterocycles. The monoisotopic (exact) mass is 325 g/mol. The van der Waals surface area contributed by atoms with E-state index in [1.807, 2.05) is 35.9 Å². The summed E-state index contributed by atoms with van der Waals surface area (Å²) >= 11 is 0. The highest BCUT2D eigenvalue weighted by atomic mass is 16.5. The van der Waals surface area contributed by atoms with E-state index in [-0.39, 0.29) is 0 Å². The predicted octanol–water partition coefficient (Wildman–Crippen LogP) is 3.86. The van der Waals surface area contributed by atoms with E-state index in [0.717, 1.165) is 59.2 Å². The van der Waals surface area contributed by atoms with E-state index in [9.17, 15) is 0 Å². The van der Waals surface area contributed by atoms with Crippen LogP contribution in [0.25, 0.3) is 11.0 Å². The van der Waals surface area contributed by atoms with Gasteiger partial charge in [-0.05, 0) is 32.4 Å². The van der Waals surface area contributed by atoms with Gasteiger partial charge in [0.25, 0.3) is 0 Å². The Bertz CT molecular complexity index is 856. The number of benzene rings is 1. The molecule has 0 radical (unpaired) electrons. The van der Waals surface area contributed by atoms with E-state index in [1.54, 1.807) is 7.11 Å². The van der Waals surface area contributed by atoms with Crippen molar-refractivity contribution in [1.82, 2.24) is 19.7 Å². The minimum Gasteiger partial charge on any atom is -0.497 e. The topological polar surface area (TPSA) is 64.9 Å². The standard InChI is InChI=1S/C18H23N5O/c1-5-8-15-20-16-12(3)22-23(6-2)17(16)18(21-15)19-13-9-7-10-14(11-13)24-4/h7,9-11H,5-6,8H2,1-4H3,(H,19,20,21). The number of hydrogen-bond acceptors (Lipinski definition) is 5. The van der Waals surface area contributed by atoms with Crippen LogP contribution in [0.3, 0.4) is 0 Å². The molecule has 2 heterocycles. The molecule has 0 bridgehead atoms. The molecule has 6 nitrogen and oxygen atoms in total. The lowest BCUT2D eigenvalue weighted by Crippen LogP contribution is -2.05. The lowest BCUT2D eigenvalue weighted by molar-refractivity contribution is 0.415. The van der Waals surface area contributed by atoms with Crippen LogP contribution < -0.4 is 10.1 Å². The van der Waals surface area contributed by atoms with Crippen molar-refractivity contribution >= 4 is 22.5 Å². The summed E-state index contributed by atoms with van der Waals surface area (Å²) in [5, 5.41) is 8.01. The molecule has 24 heavy (non-hydrogen) atoms. The number of nitrogens with zero attached hydrogens (tertiary/aromatic N) is 4. The lowest BCUT2D eigenvalue weighted by atomic mass is 10.2. The van der Waals surface area contributed by atoms with Crippen molar-refractivity contribution in [2.45, 2.75) is 40.2 Å². The maximum atomic E-state index is 5.30. The average Bonchev–Trinajstić information content (AvgIpc) is 2.92. The zero-order valence-electron chi connectivity index (χ0n) is 14.6. The van der Waals surface area contributed by atoms with Crippen LogP contribution >= 0.6 is 0 Å². The lowest BCUT2D eigenvalue weighted by Gasteiger charge is -2.11. The van der Waals surface area contributed by atoms with Crippen molar-refractivity contribution in [3.63, 3.8) is 0 Å². The molecule has 0 atom stereocenters. The van der Waals surface area contributed by atoms with Gasteiger partial charge in [-0.25, -0.2) is 9.97 Å². The van der Waals surface area contributed by atoms with E-state index in [1.165, 1.54) is 0 Å². The van der Waals surface area contributed by atoms with Crippen LogP contribution in [0.1, 0.15) is 31.8 Å². The summed E-state index contributed by atoms with van der Waals surface area (Å²) in [7, 11) is 1.66. The van der Waals surface area contributed by atoms with E-state index >= 15 is 0 Å². The second-order valence-corrected chi connectivity index (χ2v) is 5.69. The molecular formula is C18H23N5O. The highest BCUT2D eigenvalue weighted by molar-refractivity contribution is 5.89. The number of nitrogens with one attached hydrogen (secondary N) is 1. The van der Waals surface area contributed by atoms with Gasteiger partial charge in [-0.1, -0.05) is 13.0 Å². The largest absolute Gasteiger partial charge is 0.497 e. The summed E-state index contributed by atoms with van der Waals surface area (Å²) in [5.41, 5.74) is 3.72. The van der Waals surface area contributed by atoms with Gasteiger partial charge >= 0.3 is 0 Å². The first kappa shape index (κ1) is 16.2. The van der Waals surface area contributed by atoms with Crippen molar-refractivity contribution < 1.29 is 4.74 Å². The smallest absolute Gasteiger partial charge is 0.160 e. The van der Waals surface area contributed by atoms with E-state index < -0.39 is 0 Å². The quantitative estimate of drug-likeness (QED) is 0.745. The minimum absolute atomic E-state index is 0.771. The van der Waals surface area contributed by atoms with Crippen LogP contribution in [0.4, 0.5) is 11.5 Å². The molecule has 0 aliphatic carbocycles. The number of hydrogen-bond donors (Lipinski definition) is 1. The Hall–Kier alpha value is -2.63. The molecule has 3 aromatic rings. The third kappa shape index (κ3) is 3.04. The predicted molar refractivity (Wildman–Crippen MR) is 96.0 cm³/mol. The molecule has 0 saturated carbocycles. The van der Waals surface area contributed by atoms with Crippen LogP contribution in [0.2, 0.25) is 0 Å². The zero-order chi connectivity index (χ0) is 17.1. The summed E-state index contributed by atoms with van der Waals surface area (Å²) in [4.78, 5) is 9.45. The molecule has 0 aliphatic heterocycles. The van der Waals surface area contributed by atoms with E-state index in [0.29, 0.717) is 0 Å². The van der Waals surface area contributed by atoms with Gasteiger partial charge in [-0.3, -0.25) is 4.68 Å². The first-order valence-corrected chi connectivity index (χ1v) is 8.31. The number of fused-ring (bicyclic) bond motifs is 1. The first-order valence-electron chi connectivity index (χ1n) is 8.31. The number of anilines is 2. The van der Waals surface area contributed by atoms with E-state index in [4.69, 9.17) is 14.7 Å². The van der Waals surface area contributed by atoms with Crippen molar-refractivity contribution in [2.75, 3.05) is 12.4 Å². The van der Waals surface area contributed by atoms with Gasteiger partial charge in [0.2, 0.25) is 0 Å².